The third kappa shape index (κ3) is 2.15. The van der Waals surface area contributed by atoms with E-state index in [1.54, 1.807) is 6.92 Å². The van der Waals surface area contributed by atoms with Gasteiger partial charge in [0, 0.05) is 22.0 Å². The number of aliphatic hydroxyl groups is 1. The van der Waals surface area contributed by atoms with Crippen LogP contribution in [0.5, 0.6) is 0 Å². The molecule has 3 aliphatic carbocycles. The van der Waals surface area contributed by atoms with Crippen LogP contribution in [0.2, 0.25) is 0 Å². The van der Waals surface area contributed by atoms with Crippen molar-refractivity contribution in [2.24, 2.45) is 10.8 Å². The maximum Gasteiger partial charge on any atom is 0.323 e. The highest BCUT2D eigenvalue weighted by atomic mass is 16.5. The fraction of sp³-hybridized carbons (Fsp3) is 0.700. The molecular formula is C20H27NO4. The molecule has 1 saturated heterocycles. The van der Waals surface area contributed by atoms with E-state index in [1.165, 1.54) is 0 Å². The van der Waals surface area contributed by atoms with Gasteiger partial charge in [-0.2, -0.15) is 0 Å². The Morgan fingerprint density at radius 2 is 2.00 bits per heavy atom. The number of carbonyl (C=O) groups is 2. The van der Waals surface area contributed by atoms with Crippen LogP contribution in [0.4, 0.5) is 0 Å². The van der Waals surface area contributed by atoms with E-state index in [2.05, 4.69) is 5.32 Å². The predicted molar refractivity (Wildman–Crippen MR) is 92.8 cm³/mol. The highest BCUT2D eigenvalue weighted by Crippen LogP contribution is 2.65. The number of ether oxygens (including phenoxy) is 1. The molecule has 0 unspecified atom stereocenters. The third-order valence-electron chi connectivity index (χ3n) is 6.81. The van der Waals surface area contributed by atoms with Crippen LogP contribution in [-0.2, 0) is 14.3 Å². The van der Waals surface area contributed by atoms with Gasteiger partial charge in [-0.25, -0.2) is 0 Å². The van der Waals surface area contributed by atoms with Gasteiger partial charge in [0.05, 0.1) is 0 Å². The second kappa shape index (κ2) is 5.04. The molecule has 0 aromatic carbocycles. The third-order valence-corrected chi connectivity index (χ3v) is 6.81. The molecule has 0 bridgehead atoms. The molecule has 5 heteroatoms. The van der Waals surface area contributed by atoms with Gasteiger partial charge in [-0.15, -0.1) is 0 Å². The average molecular weight is 345 g/mol. The predicted octanol–water partition coefficient (Wildman–Crippen LogP) is 2.05. The van der Waals surface area contributed by atoms with E-state index in [4.69, 9.17) is 4.74 Å². The Morgan fingerprint density at radius 3 is 2.56 bits per heavy atom. The van der Waals surface area contributed by atoms with Crippen molar-refractivity contribution >= 4 is 11.8 Å². The van der Waals surface area contributed by atoms with Gasteiger partial charge in [0.1, 0.15) is 17.7 Å². The Morgan fingerprint density at radius 1 is 1.32 bits per heavy atom. The van der Waals surface area contributed by atoms with E-state index in [1.807, 2.05) is 26.8 Å². The van der Waals surface area contributed by atoms with Crippen LogP contribution < -0.4 is 5.32 Å². The quantitative estimate of drug-likeness (QED) is 0.749. The molecule has 0 amide bonds. The first-order valence-corrected chi connectivity index (χ1v) is 9.27. The van der Waals surface area contributed by atoms with Crippen molar-refractivity contribution in [3.05, 3.63) is 22.8 Å². The zero-order chi connectivity index (χ0) is 18.2. The molecule has 0 radical (unpaired) electrons. The van der Waals surface area contributed by atoms with Crippen molar-refractivity contribution in [2.75, 3.05) is 6.54 Å². The molecule has 136 valence electrons. The van der Waals surface area contributed by atoms with Crippen LogP contribution in [0.3, 0.4) is 0 Å². The van der Waals surface area contributed by atoms with E-state index >= 15 is 0 Å². The fourth-order valence-corrected chi connectivity index (χ4v) is 5.01. The molecule has 2 N–H and O–H groups in total. The summed E-state index contributed by atoms with van der Waals surface area (Å²) in [4.78, 5) is 25.6. The standard InChI is InChI=1S/C20H27NO4/c1-11-14-12(15(22)19(4,24)20(11)7-8-20)10-18(2,3)16(14)25-17(23)13-6-5-9-21-13/h10,13,16,21,24H,5-9H2,1-4H3/t13-,16+,19-/m0/s1. The number of ketones is 1. The molecule has 5 nitrogen and oxygen atoms in total. The summed E-state index contributed by atoms with van der Waals surface area (Å²) in [6.07, 6.45) is 4.80. The number of nitrogens with one attached hydrogen (secondary N) is 1. The van der Waals surface area contributed by atoms with Crippen molar-refractivity contribution in [3.63, 3.8) is 0 Å². The van der Waals surface area contributed by atoms with Gasteiger partial charge in [0.15, 0.2) is 5.78 Å². The van der Waals surface area contributed by atoms with E-state index in [0.29, 0.717) is 5.57 Å². The maximum absolute atomic E-state index is 13.0. The minimum Gasteiger partial charge on any atom is -0.455 e. The molecule has 1 saturated carbocycles. The summed E-state index contributed by atoms with van der Waals surface area (Å²) in [5.74, 6) is -0.462. The van der Waals surface area contributed by atoms with Crippen molar-refractivity contribution in [1.82, 2.24) is 5.32 Å². The van der Waals surface area contributed by atoms with Crippen LogP contribution >= 0.6 is 0 Å². The number of rotatable bonds is 2. The van der Waals surface area contributed by atoms with Gasteiger partial charge in [-0.3, -0.25) is 9.59 Å². The first-order chi connectivity index (χ1) is 11.6. The normalized spacial score (nSPS) is 38.0. The number of fused-ring (bicyclic) bond motifs is 1. The Balaban J connectivity index is 1.74. The number of hydrogen-bond acceptors (Lipinski definition) is 5. The lowest BCUT2D eigenvalue weighted by Gasteiger charge is -2.40. The molecule has 0 aromatic heterocycles. The second-order valence-corrected chi connectivity index (χ2v) is 8.87. The molecule has 25 heavy (non-hydrogen) atoms. The largest absolute Gasteiger partial charge is 0.455 e. The van der Waals surface area contributed by atoms with E-state index in [9.17, 15) is 14.7 Å². The molecule has 0 aromatic rings. The summed E-state index contributed by atoms with van der Waals surface area (Å²) < 4.78 is 5.94. The molecule has 4 rings (SSSR count). The average Bonchev–Trinajstić information content (AvgIpc) is 3.09. The number of esters is 1. The topological polar surface area (TPSA) is 75.6 Å². The zero-order valence-electron chi connectivity index (χ0n) is 15.4. The highest BCUT2D eigenvalue weighted by molar-refractivity contribution is 6.09. The van der Waals surface area contributed by atoms with Crippen LogP contribution in [-0.4, -0.2) is 41.2 Å². The van der Waals surface area contributed by atoms with E-state index in [-0.39, 0.29) is 17.8 Å². The van der Waals surface area contributed by atoms with Gasteiger partial charge in [0.2, 0.25) is 0 Å². The minimum atomic E-state index is -1.37. The van der Waals surface area contributed by atoms with Crippen LogP contribution in [0.1, 0.15) is 53.4 Å². The number of carbonyl (C=O) groups excluding carboxylic acids is 2. The highest BCUT2D eigenvalue weighted by Gasteiger charge is 2.66. The van der Waals surface area contributed by atoms with E-state index < -0.39 is 22.5 Å². The number of hydrogen-bond donors (Lipinski definition) is 2. The summed E-state index contributed by atoms with van der Waals surface area (Å²) in [5.41, 5.74) is 0.0902. The lowest BCUT2D eigenvalue weighted by atomic mass is 9.67. The van der Waals surface area contributed by atoms with Crippen molar-refractivity contribution in [2.45, 2.75) is 71.1 Å². The van der Waals surface area contributed by atoms with Crippen LogP contribution in [0.25, 0.3) is 0 Å². The summed E-state index contributed by atoms with van der Waals surface area (Å²) in [7, 11) is 0. The second-order valence-electron chi connectivity index (χ2n) is 8.87. The first-order valence-electron chi connectivity index (χ1n) is 9.27. The molecule has 3 atom stereocenters. The summed E-state index contributed by atoms with van der Waals surface area (Å²) in [6, 6.07) is -0.252. The van der Waals surface area contributed by atoms with Gasteiger partial charge in [-0.05, 0) is 46.1 Å². The Hall–Kier alpha value is -1.46. The van der Waals surface area contributed by atoms with Crippen molar-refractivity contribution < 1.29 is 19.4 Å². The van der Waals surface area contributed by atoms with Crippen molar-refractivity contribution in [3.8, 4) is 0 Å². The lowest BCUT2D eigenvalue weighted by molar-refractivity contribution is -0.153. The molecule has 1 aliphatic heterocycles. The Labute approximate surface area is 148 Å². The Bertz CT molecular complexity index is 718. The van der Waals surface area contributed by atoms with Gasteiger partial charge >= 0.3 is 5.97 Å². The van der Waals surface area contributed by atoms with Gasteiger partial charge < -0.3 is 15.2 Å². The SMILES string of the molecule is CC1=C2C(=CC(C)(C)[C@@H]2OC(=O)[C@@H]2CCCN2)C(=O)[C@](C)(O)C12CC2. The molecule has 1 spiro atoms. The monoisotopic (exact) mass is 345 g/mol. The van der Waals surface area contributed by atoms with Crippen LogP contribution in [0.15, 0.2) is 22.8 Å². The molecule has 4 aliphatic rings. The lowest BCUT2D eigenvalue weighted by Crippen LogP contribution is -2.50. The summed E-state index contributed by atoms with van der Waals surface area (Å²) in [6.45, 7) is 8.44. The Kier molecular flexibility index (Phi) is 3.42. The number of Topliss-reactive ketones (excluding diaryl/α,β-unsaturated/α-hetero) is 1. The molecular weight excluding hydrogens is 318 g/mol. The molecule has 1 heterocycles. The zero-order valence-corrected chi connectivity index (χ0v) is 15.4. The molecule has 2 fully saturated rings. The summed E-state index contributed by atoms with van der Waals surface area (Å²) >= 11 is 0. The smallest absolute Gasteiger partial charge is 0.323 e. The van der Waals surface area contributed by atoms with Gasteiger partial charge in [0.25, 0.3) is 0 Å². The van der Waals surface area contributed by atoms with Gasteiger partial charge in [-0.1, -0.05) is 25.5 Å². The minimum absolute atomic E-state index is 0.226. The van der Waals surface area contributed by atoms with Crippen molar-refractivity contribution in [1.29, 1.82) is 0 Å². The fourth-order valence-electron chi connectivity index (χ4n) is 5.01. The maximum atomic E-state index is 13.0. The van der Waals surface area contributed by atoms with Crippen LogP contribution in [0, 0.1) is 10.8 Å². The summed E-state index contributed by atoms with van der Waals surface area (Å²) in [5, 5.41) is 14.1. The van der Waals surface area contributed by atoms with E-state index in [0.717, 1.165) is 43.4 Å². The first kappa shape index (κ1) is 17.0.